The average Bonchev–Trinajstić information content (AvgIpc) is 2.85. The van der Waals surface area contributed by atoms with Crippen molar-refractivity contribution >= 4 is 39.9 Å². The molecule has 2 aromatic rings. The van der Waals surface area contributed by atoms with Crippen molar-refractivity contribution in [3.8, 4) is 23.0 Å². The molecular formula is C23H26BrN3O8. The number of esters is 1. The Labute approximate surface area is 210 Å². The lowest BCUT2D eigenvalue weighted by Crippen LogP contribution is -2.34. The predicted molar refractivity (Wildman–Crippen MR) is 130 cm³/mol. The van der Waals surface area contributed by atoms with E-state index in [-0.39, 0.29) is 19.8 Å². The second kappa shape index (κ2) is 13.8. The number of ether oxygens (including phenoxy) is 5. The van der Waals surface area contributed by atoms with Crippen molar-refractivity contribution in [2.24, 2.45) is 5.10 Å². The quantitative estimate of drug-likeness (QED) is 0.233. The van der Waals surface area contributed by atoms with E-state index in [4.69, 9.17) is 23.7 Å². The Hall–Kier alpha value is -3.80. The number of nitrogens with one attached hydrogen (secondary N) is 2. The van der Waals surface area contributed by atoms with Gasteiger partial charge >= 0.3 is 5.97 Å². The second-order valence-electron chi connectivity index (χ2n) is 6.67. The molecule has 0 aliphatic rings. The first-order valence-corrected chi connectivity index (χ1v) is 11.1. The van der Waals surface area contributed by atoms with E-state index in [1.165, 1.54) is 33.6 Å². The molecule has 0 aliphatic carbocycles. The fraction of sp³-hybridized carbons (Fsp3) is 0.304. The third kappa shape index (κ3) is 8.18. The van der Waals surface area contributed by atoms with Gasteiger partial charge in [-0.1, -0.05) is 0 Å². The summed E-state index contributed by atoms with van der Waals surface area (Å²) in [5.74, 6) is 0.0463. The van der Waals surface area contributed by atoms with E-state index in [0.29, 0.717) is 38.6 Å². The number of hydrogen-bond donors (Lipinski definition) is 2. The van der Waals surface area contributed by atoms with Gasteiger partial charge in [-0.15, -0.1) is 0 Å². The minimum atomic E-state index is -0.532. The molecule has 0 fully saturated rings. The van der Waals surface area contributed by atoms with Crippen molar-refractivity contribution in [3.05, 3.63) is 45.9 Å². The highest BCUT2D eigenvalue weighted by molar-refractivity contribution is 9.10. The first kappa shape index (κ1) is 27.4. The molecule has 0 bridgehead atoms. The number of hydrogen-bond acceptors (Lipinski definition) is 9. The summed E-state index contributed by atoms with van der Waals surface area (Å²) in [7, 11) is 4.40. The Balaban J connectivity index is 1.93. The standard InChI is InChI=1S/C23H26BrN3O8/c1-5-34-21(29)13-35-22-16(24)8-14(9-19(22)33-4)11-26-27-20(28)12-25-23(30)15-6-7-17(31-2)18(10-15)32-3/h6-11H,5,12-13H2,1-4H3,(H,25,30)(H,27,28)/b26-11+. The smallest absolute Gasteiger partial charge is 0.344 e. The van der Waals surface area contributed by atoms with E-state index in [0.717, 1.165) is 0 Å². The number of nitrogens with zero attached hydrogens (tertiary/aromatic N) is 1. The van der Waals surface area contributed by atoms with Crippen molar-refractivity contribution in [3.63, 3.8) is 0 Å². The van der Waals surface area contributed by atoms with Crippen LogP contribution in [0.25, 0.3) is 0 Å². The van der Waals surface area contributed by atoms with Crippen molar-refractivity contribution in [1.82, 2.24) is 10.7 Å². The van der Waals surface area contributed by atoms with Gasteiger partial charge in [-0.2, -0.15) is 5.10 Å². The highest BCUT2D eigenvalue weighted by Crippen LogP contribution is 2.36. The van der Waals surface area contributed by atoms with Gasteiger partial charge in [0, 0.05) is 5.56 Å². The third-order valence-corrected chi connectivity index (χ3v) is 4.94. The molecule has 0 saturated carbocycles. The molecule has 188 valence electrons. The summed E-state index contributed by atoms with van der Waals surface area (Å²) in [4.78, 5) is 35.9. The van der Waals surface area contributed by atoms with Gasteiger partial charge in [-0.05, 0) is 58.7 Å². The monoisotopic (exact) mass is 551 g/mol. The molecule has 2 aromatic carbocycles. The first-order chi connectivity index (χ1) is 16.8. The van der Waals surface area contributed by atoms with E-state index >= 15 is 0 Å². The molecular weight excluding hydrogens is 526 g/mol. The van der Waals surface area contributed by atoms with E-state index in [1.807, 2.05) is 0 Å². The van der Waals surface area contributed by atoms with Gasteiger partial charge in [0.25, 0.3) is 11.8 Å². The zero-order valence-corrected chi connectivity index (χ0v) is 21.3. The van der Waals surface area contributed by atoms with Crippen LogP contribution < -0.4 is 29.7 Å². The van der Waals surface area contributed by atoms with Crippen LogP contribution in [-0.4, -0.2) is 65.1 Å². The molecule has 0 radical (unpaired) electrons. The lowest BCUT2D eigenvalue weighted by molar-refractivity contribution is -0.145. The Kier molecular flexibility index (Phi) is 10.8. The zero-order chi connectivity index (χ0) is 25.8. The molecule has 2 amide bonds. The van der Waals surface area contributed by atoms with E-state index in [1.54, 1.807) is 31.2 Å². The number of rotatable bonds is 12. The molecule has 11 nitrogen and oxygen atoms in total. The summed E-state index contributed by atoms with van der Waals surface area (Å²) < 4.78 is 26.4. The Morgan fingerprint density at radius 3 is 2.37 bits per heavy atom. The van der Waals surface area contributed by atoms with Gasteiger partial charge in [0.05, 0.1) is 45.2 Å². The molecule has 0 aromatic heterocycles. The summed E-state index contributed by atoms with van der Waals surface area (Å²) in [6, 6.07) is 7.93. The lowest BCUT2D eigenvalue weighted by Gasteiger charge is -2.13. The van der Waals surface area contributed by atoms with Crippen LogP contribution in [0.5, 0.6) is 23.0 Å². The van der Waals surface area contributed by atoms with Crippen molar-refractivity contribution in [2.75, 3.05) is 41.1 Å². The maximum Gasteiger partial charge on any atom is 0.344 e. The van der Waals surface area contributed by atoms with Crippen LogP contribution in [-0.2, 0) is 14.3 Å². The number of halogens is 1. The van der Waals surface area contributed by atoms with Crippen molar-refractivity contribution < 1.29 is 38.1 Å². The Morgan fingerprint density at radius 1 is 1.00 bits per heavy atom. The van der Waals surface area contributed by atoms with Gasteiger partial charge in [-0.3, -0.25) is 9.59 Å². The predicted octanol–water partition coefficient (Wildman–Crippen LogP) is 2.30. The van der Waals surface area contributed by atoms with Crippen molar-refractivity contribution in [1.29, 1.82) is 0 Å². The van der Waals surface area contributed by atoms with Crippen LogP contribution in [0.2, 0.25) is 0 Å². The van der Waals surface area contributed by atoms with Gasteiger partial charge in [0.2, 0.25) is 0 Å². The molecule has 2 N–H and O–H groups in total. The van der Waals surface area contributed by atoms with Gasteiger partial charge < -0.3 is 29.0 Å². The summed E-state index contributed by atoms with van der Waals surface area (Å²) in [5, 5.41) is 6.38. The third-order valence-electron chi connectivity index (χ3n) is 4.35. The topological polar surface area (TPSA) is 134 Å². The molecule has 35 heavy (non-hydrogen) atoms. The van der Waals surface area contributed by atoms with Crippen LogP contribution in [0.4, 0.5) is 0 Å². The molecule has 0 spiro atoms. The van der Waals surface area contributed by atoms with Crippen LogP contribution in [0, 0.1) is 0 Å². The van der Waals surface area contributed by atoms with E-state index < -0.39 is 17.8 Å². The number of carbonyl (C=O) groups excluding carboxylic acids is 3. The molecule has 12 heteroatoms. The summed E-state index contributed by atoms with van der Waals surface area (Å²) >= 11 is 3.36. The van der Waals surface area contributed by atoms with Crippen molar-refractivity contribution in [2.45, 2.75) is 6.92 Å². The normalized spacial score (nSPS) is 10.4. The SMILES string of the molecule is CCOC(=O)COc1c(Br)cc(/C=N/NC(=O)CNC(=O)c2ccc(OC)c(OC)c2)cc1OC. The molecule has 0 atom stereocenters. The summed E-state index contributed by atoms with van der Waals surface area (Å²) in [5.41, 5.74) is 3.21. The fourth-order valence-electron chi connectivity index (χ4n) is 2.75. The Bertz CT molecular complexity index is 1090. The number of methoxy groups -OCH3 is 3. The van der Waals surface area contributed by atoms with E-state index in [9.17, 15) is 14.4 Å². The number of amides is 2. The number of carbonyl (C=O) groups is 3. The highest BCUT2D eigenvalue weighted by atomic mass is 79.9. The molecule has 0 unspecified atom stereocenters. The second-order valence-corrected chi connectivity index (χ2v) is 7.53. The van der Waals surface area contributed by atoms with E-state index in [2.05, 4.69) is 31.8 Å². The Morgan fingerprint density at radius 2 is 1.71 bits per heavy atom. The maximum absolute atomic E-state index is 12.3. The molecule has 0 aliphatic heterocycles. The molecule has 0 heterocycles. The van der Waals surface area contributed by atoms with Crippen LogP contribution in [0.3, 0.4) is 0 Å². The average molecular weight is 552 g/mol. The minimum Gasteiger partial charge on any atom is -0.493 e. The summed E-state index contributed by atoms with van der Waals surface area (Å²) in [6.07, 6.45) is 1.39. The van der Waals surface area contributed by atoms with Crippen LogP contribution in [0.15, 0.2) is 39.9 Å². The fourth-order valence-corrected chi connectivity index (χ4v) is 3.32. The number of benzene rings is 2. The summed E-state index contributed by atoms with van der Waals surface area (Å²) in [6.45, 7) is 1.38. The van der Waals surface area contributed by atoms with Gasteiger partial charge in [0.1, 0.15) is 0 Å². The number of hydrazone groups is 1. The largest absolute Gasteiger partial charge is 0.493 e. The van der Waals surface area contributed by atoms with Gasteiger partial charge in [0.15, 0.2) is 29.6 Å². The van der Waals surface area contributed by atoms with Crippen LogP contribution >= 0.6 is 15.9 Å². The minimum absolute atomic E-state index is 0.252. The maximum atomic E-state index is 12.3. The lowest BCUT2D eigenvalue weighted by atomic mass is 10.2. The zero-order valence-electron chi connectivity index (χ0n) is 19.7. The molecule has 0 saturated heterocycles. The van der Waals surface area contributed by atoms with Crippen LogP contribution in [0.1, 0.15) is 22.8 Å². The molecule has 2 rings (SSSR count). The van der Waals surface area contributed by atoms with Gasteiger partial charge in [-0.25, -0.2) is 10.2 Å². The highest BCUT2D eigenvalue weighted by Gasteiger charge is 2.14. The first-order valence-electron chi connectivity index (χ1n) is 10.3.